The van der Waals surface area contributed by atoms with Gasteiger partial charge in [-0.05, 0) is 17.2 Å². The second kappa shape index (κ2) is 8.27. The molecule has 0 atom stereocenters. The second-order valence-corrected chi connectivity index (χ2v) is 3.11. The van der Waals surface area contributed by atoms with Crippen molar-refractivity contribution in [3.05, 3.63) is 22.9 Å². The van der Waals surface area contributed by atoms with E-state index in [4.69, 9.17) is 5.11 Å². The number of hydrogen-bond donors (Lipinski definition) is 1. The van der Waals surface area contributed by atoms with Crippen LogP contribution in [0.5, 0.6) is 0 Å². The van der Waals surface area contributed by atoms with E-state index < -0.39 is 5.97 Å². The van der Waals surface area contributed by atoms with Gasteiger partial charge in [0, 0.05) is 6.42 Å². The summed E-state index contributed by atoms with van der Waals surface area (Å²) in [6, 6.07) is 4.04. The van der Waals surface area contributed by atoms with Crippen LogP contribution in [0, 0.1) is 0 Å². The normalized spacial score (nSPS) is 8.42. The number of carbonyl (C=O) groups is 1. The molecular weight excluding hydrogens is 172 g/mol. The molecule has 0 saturated carbocycles. The molecule has 0 saturated heterocycles. The van der Waals surface area contributed by atoms with Gasteiger partial charge in [-0.2, -0.15) is 11.3 Å². The fourth-order valence-corrected chi connectivity index (χ4v) is 1.01. The van der Waals surface area contributed by atoms with Crippen molar-refractivity contribution in [2.24, 2.45) is 0 Å². The number of aliphatic carboxylic acids is 1. The van der Waals surface area contributed by atoms with E-state index in [0.29, 0.717) is 6.42 Å². The Bertz CT molecular complexity index is 165. The van der Waals surface area contributed by atoms with E-state index in [0.717, 1.165) is 12.8 Å². The second-order valence-electron chi connectivity index (χ2n) is 2.29. The molecule has 0 unspecified atom stereocenters. The summed E-state index contributed by atoms with van der Waals surface area (Å²) in [4.78, 5) is 9.76. The lowest BCUT2D eigenvalue weighted by molar-refractivity contribution is -0.137. The molecule has 3 heteroatoms. The van der Waals surface area contributed by atoms with Gasteiger partial charge in [0.15, 0.2) is 0 Å². The smallest absolute Gasteiger partial charge is 0.303 e. The van der Waals surface area contributed by atoms with Gasteiger partial charge in [0.05, 0.1) is 0 Å². The SMILES string of the molecule is CCCCC(=O)O.c1ccsc1. The molecule has 0 aromatic carbocycles. The van der Waals surface area contributed by atoms with Gasteiger partial charge in [0.2, 0.25) is 0 Å². The van der Waals surface area contributed by atoms with Crippen LogP contribution in [0.3, 0.4) is 0 Å². The molecule has 0 aliphatic carbocycles. The van der Waals surface area contributed by atoms with E-state index >= 15 is 0 Å². The molecular formula is C9H14O2S. The molecule has 0 fully saturated rings. The quantitative estimate of drug-likeness (QED) is 0.787. The molecule has 0 bridgehead atoms. The average Bonchev–Trinajstić information content (AvgIpc) is 2.57. The maximum Gasteiger partial charge on any atom is 0.303 e. The number of unbranched alkanes of at least 4 members (excludes halogenated alkanes) is 1. The Morgan fingerprint density at radius 2 is 2.00 bits per heavy atom. The number of carboxylic acid groups (broad SMARTS) is 1. The van der Waals surface area contributed by atoms with Crippen LogP contribution in [0.4, 0.5) is 0 Å². The third kappa shape index (κ3) is 9.17. The van der Waals surface area contributed by atoms with Crippen LogP contribution in [-0.4, -0.2) is 11.1 Å². The Labute approximate surface area is 76.9 Å². The van der Waals surface area contributed by atoms with Crippen molar-refractivity contribution >= 4 is 17.3 Å². The van der Waals surface area contributed by atoms with Crippen molar-refractivity contribution in [3.63, 3.8) is 0 Å². The van der Waals surface area contributed by atoms with Gasteiger partial charge in [-0.1, -0.05) is 25.5 Å². The summed E-state index contributed by atoms with van der Waals surface area (Å²) in [6.07, 6.45) is 2.08. The van der Waals surface area contributed by atoms with Crippen molar-refractivity contribution in [1.82, 2.24) is 0 Å². The van der Waals surface area contributed by atoms with E-state index in [1.165, 1.54) is 0 Å². The Morgan fingerprint density at radius 1 is 1.42 bits per heavy atom. The molecule has 1 heterocycles. The first-order valence-corrected chi connectivity index (χ1v) is 4.90. The highest BCUT2D eigenvalue weighted by atomic mass is 32.1. The first-order chi connectivity index (χ1) is 5.77. The number of thiophene rings is 1. The lowest BCUT2D eigenvalue weighted by Crippen LogP contribution is -1.91. The molecule has 1 aromatic rings. The van der Waals surface area contributed by atoms with Gasteiger partial charge in [0.25, 0.3) is 0 Å². The summed E-state index contributed by atoms with van der Waals surface area (Å²) >= 11 is 1.71. The highest BCUT2D eigenvalue weighted by molar-refractivity contribution is 7.07. The van der Waals surface area contributed by atoms with E-state index in [9.17, 15) is 4.79 Å². The van der Waals surface area contributed by atoms with Crippen molar-refractivity contribution in [2.75, 3.05) is 0 Å². The van der Waals surface area contributed by atoms with Crippen LogP contribution in [-0.2, 0) is 4.79 Å². The van der Waals surface area contributed by atoms with E-state index in [2.05, 4.69) is 0 Å². The molecule has 0 radical (unpaired) electrons. The first kappa shape index (κ1) is 11.2. The third-order valence-electron chi connectivity index (χ3n) is 1.17. The summed E-state index contributed by atoms with van der Waals surface area (Å²) in [5, 5.41) is 12.1. The van der Waals surface area contributed by atoms with Crippen molar-refractivity contribution < 1.29 is 9.90 Å². The molecule has 2 nitrogen and oxygen atoms in total. The van der Waals surface area contributed by atoms with Gasteiger partial charge >= 0.3 is 5.97 Å². The van der Waals surface area contributed by atoms with Crippen LogP contribution < -0.4 is 0 Å². The number of hydrogen-bond acceptors (Lipinski definition) is 2. The highest BCUT2D eigenvalue weighted by Crippen LogP contribution is 1.91. The monoisotopic (exact) mass is 186 g/mol. The standard InChI is InChI=1S/C5H10O2.C4H4S/c1-2-3-4-5(6)7;1-2-4-5-3-1/h2-4H2,1H3,(H,6,7);1-4H. The molecule has 0 spiro atoms. The molecule has 1 rings (SSSR count). The summed E-state index contributed by atoms with van der Waals surface area (Å²) < 4.78 is 0. The van der Waals surface area contributed by atoms with Crippen molar-refractivity contribution in [1.29, 1.82) is 0 Å². The van der Waals surface area contributed by atoms with E-state index in [1.807, 2.05) is 29.8 Å². The number of carboxylic acids is 1. The molecule has 0 amide bonds. The van der Waals surface area contributed by atoms with Crippen molar-refractivity contribution in [2.45, 2.75) is 26.2 Å². The maximum absolute atomic E-state index is 9.76. The van der Waals surface area contributed by atoms with Crippen molar-refractivity contribution in [3.8, 4) is 0 Å². The van der Waals surface area contributed by atoms with Gasteiger partial charge < -0.3 is 5.11 Å². The predicted molar refractivity (Wildman–Crippen MR) is 51.5 cm³/mol. The first-order valence-electron chi connectivity index (χ1n) is 3.96. The molecule has 12 heavy (non-hydrogen) atoms. The summed E-state index contributed by atoms with van der Waals surface area (Å²) in [5.74, 6) is -0.693. The Morgan fingerprint density at radius 3 is 2.17 bits per heavy atom. The van der Waals surface area contributed by atoms with Crippen LogP contribution >= 0.6 is 11.3 Å². The molecule has 0 aliphatic rings. The van der Waals surface area contributed by atoms with Gasteiger partial charge in [-0.15, -0.1) is 0 Å². The van der Waals surface area contributed by atoms with Crippen LogP contribution in [0.15, 0.2) is 22.9 Å². The summed E-state index contributed by atoms with van der Waals surface area (Å²) in [5.41, 5.74) is 0. The zero-order chi connectivity index (χ0) is 9.23. The Hall–Kier alpha value is -0.830. The number of rotatable bonds is 3. The van der Waals surface area contributed by atoms with Gasteiger partial charge in [-0.3, -0.25) is 4.79 Å². The molecule has 0 aliphatic heterocycles. The average molecular weight is 186 g/mol. The largest absolute Gasteiger partial charge is 0.481 e. The minimum atomic E-state index is -0.693. The summed E-state index contributed by atoms with van der Waals surface area (Å²) in [7, 11) is 0. The maximum atomic E-state index is 9.76. The third-order valence-corrected chi connectivity index (χ3v) is 1.80. The van der Waals surface area contributed by atoms with E-state index in [-0.39, 0.29) is 0 Å². The van der Waals surface area contributed by atoms with Crippen LogP contribution in [0.25, 0.3) is 0 Å². The summed E-state index contributed by atoms with van der Waals surface area (Å²) in [6.45, 7) is 1.98. The van der Waals surface area contributed by atoms with Gasteiger partial charge in [-0.25, -0.2) is 0 Å². The lowest BCUT2D eigenvalue weighted by atomic mass is 10.3. The zero-order valence-corrected chi connectivity index (χ0v) is 8.01. The fraction of sp³-hybridized carbons (Fsp3) is 0.444. The molecule has 1 aromatic heterocycles. The topological polar surface area (TPSA) is 37.3 Å². The van der Waals surface area contributed by atoms with Gasteiger partial charge in [0.1, 0.15) is 0 Å². The van der Waals surface area contributed by atoms with Crippen LogP contribution in [0.1, 0.15) is 26.2 Å². The molecule has 1 N–H and O–H groups in total. The predicted octanol–water partition coefficient (Wildman–Crippen LogP) is 3.01. The van der Waals surface area contributed by atoms with Crippen LogP contribution in [0.2, 0.25) is 0 Å². The fourth-order valence-electron chi connectivity index (χ4n) is 0.555. The molecule has 68 valence electrons. The Balaban J connectivity index is 0.000000211. The minimum absolute atomic E-state index is 0.316. The minimum Gasteiger partial charge on any atom is -0.481 e. The Kier molecular flexibility index (Phi) is 7.70. The van der Waals surface area contributed by atoms with E-state index in [1.54, 1.807) is 11.3 Å². The zero-order valence-electron chi connectivity index (χ0n) is 7.19. The lowest BCUT2D eigenvalue weighted by Gasteiger charge is -1.85. The highest BCUT2D eigenvalue weighted by Gasteiger charge is 1.90.